The Morgan fingerprint density at radius 3 is 2.94 bits per heavy atom. The molecule has 0 aromatic carbocycles. The topological polar surface area (TPSA) is 70.0 Å². The average Bonchev–Trinajstić information content (AvgIpc) is 2.83. The summed E-state index contributed by atoms with van der Waals surface area (Å²) in [4.78, 5) is 7.10. The number of nitrogens with one attached hydrogen (secondary N) is 2. The van der Waals surface area contributed by atoms with Crippen molar-refractivity contribution in [3.05, 3.63) is 29.7 Å². The molecule has 0 spiro atoms. The van der Waals surface area contributed by atoms with E-state index in [0.29, 0.717) is 5.95 Å². The molecule has 1 aliphatic heterocycles. The first-order valence-corrected chi connectivity index (χ1v) is 6.47. The van der Waals surface area contributed by atoms with Gasteiger partial charge in [0.25, 0.3) is 0 Å². The summed E-state index contributed by atoms with van der Waals surface area (Å²) < 4.78 is 0. The molecule has 18 heavy (non-hydrogen) atoms. The maximum absolute atomic E-state index is 5.61. The number of nitrogen functional groups attached to an aromatic ring is 1. The number of allylic oxidation sites excluding steroid dienone is 3. The van der Waals surface area contributed by atoms with Crippen molar-refractivity contribution >= 4 is 11.5 Å². The van der Waals surface area contributed by atoms with Gasteiger partial charge in [-0.15, -0.1) is 0 Å². The predicted molar refractivity (Wildman–Crippen MR) is 74.4 cm³/mol. The summed E-state index contributed by atoms with van der Waals surface area (Å²) in [6, 6.07) is 0. The molecule has 0 amide bonds. The molecule has 1 aromatic rings. The fourth-order valence-corrected chi connectivity index (χ4v) is 2.00. The van der Waals surface area contributed by atoms with Crippen molar-refractivity contribution in [2.75, 3.05) is 18.8 Å². The van der Waals surface area contributed by atoms with Gasteiger partial charge in [-0.2, -0.15) is 0 Å². The van der Waals surface area contributed by atoms with E-state index in [2.05, 4.69) is 46.4 Å². The highest BCUT2D eigenvalue weighted by atomic mass is 15.5. The molecular weight excluding hydrogens is 226 g/mol. The summed E-state index contributed by atoms with van der Waals surface area (Å²) in [5.41, 5.74) is 12.5. The third-order valence-electron chi connectivity index (χ3n) is 2.98. The van der Waals surface area contributed by atoms with Gasteiger partial charge in [-0.1, -0.05) is 19.9 Å². The summed E-state index contributed by atoms with van der Waals surface area (Å²) in [7, 11) is 0. The Morgan fingerprint density at radius 2 is 2.33 bits per heavy atom. The fraction of sp³-hybridized carbons (Fsp3) is 0.462. The van der Waals surface area contributed by atoms with Crippen molar-refractivity contribution in [1.29, 1.82) is 0 Å². The lowest BCUT2D eigenvalue weighted by atomic mass is 10.1. The zero-order valence-corrected chi connectivity index (χ0v) is 11.0. The maximum Gasteiger partial charge on any atom is 0.197 e. The van der Waals surface area contributed by atoms with Crippen molar-refractivity contribution in [3.63, 3.8) is 0 Å². The number of H-pyrrole nitrogens is 1. The number of anilines is 1. The highest BCUT2D eigenvalue weighted by molar-refractivity contribution is 5.73. The van der Waals surface area contributed by atoms with E-state index in [1.807, 2.05) is 0 Å². The number of imidazole rings is 1. The monoisotopic (exact) mass is 247 g/mol. The van der Waals surface area contributed by atoms with Crippen LogP contribution in [0.25, 0.3) is 5.57 Å². The predicted octanol–water partition coefficient (Wildman–Crippen LogP) is 1.90. The van der Waals surface area contributed by atoms with Gasteiger partial charge < -0.3 is 15.7 Å². The van der Waals surface area contributed by atoms with E-state index in [4.69, 9.17) is 5.73 Å². The molecule has 0 bridgehead atoms. The van der Waals surface area contributed by atoms with Crippen LogP contribution in [0.15, 0.2) is 24.0 Å². The second-order valence-corrected chi connectivity index (χ2v) is 4.35. The molecule has 4 N–H and O–H groups in total. The molecule has 1 aromatic heterocycles. The van der Waals surface area contributed by atoms with Crippen LogP contribution in [0.3, 0.4) is 0 Å². The number of hydrazine groups is 1. The lowest BCUT2D eigenvalue weighted by molar-refractivity contribution is 0.262. The molecule has 2 heterocycles. The zero-order chi connectivity index (χ0) is 13.0. The smallest absolute Gasteiger partial charge is 0.197 e. The first-order valence-electron chi connectivity index (χ1n) is 6.47. The van der Waals surface area contributed by atoms with E-state index in [1.54, 1.807) is 6.20 Å². The minimum Gasteiger partial charge on any atom is -0.369 e. The third-order valence-corrected chi connectivity index (χ3v) is 2.98. The van der Waals surface area contributed by atoms with Crippen LogP contribution in [0.5, 0.6) is 0 Å². The van der Waals surface area contributed by atoms with E-state index in [-0.39, 0.29) is 0 Å². The summed E-state index contributed by atoms with van der Waals surface area (Å²) >= 11 is 0. The van der Waals surface area contributed by atoms with E-state index in [9.17, 15) is 0 Å². The second-order valence-electron chi connectivity index (χ2n) is 4.35. The average molecular weight is 247 g/mol. The van der Waals surface area contributed by atoms with E-state index in [0.717, 1.165) is 37.2 Å². The molecule has 2 rings (SSSR count). The van der Waals surface area contributed by atoms with Crippen molar-refractivity contribution in [2.45, 2.75) is 26.7 Å². The molecule has 98 valence electrons. The Hall–Kier alpha value is -1.75. The Bertz CT molecular complexity index is 458. The normalized spacial score (nSPS) is 15.6. The number of hydrogen-bond donors (Lipinski definition) is 3. The first kappa shape index (κ1) is 12.7. The highest BCUT2D eigenvalue weighted by Crippen LogP contribution is 2.23. The van der Waals surface area contributed by atoms with Crippen LogP contribution in [0.4, 0.5) is 5.95 Å². The number of aromatic amines is 1. The Kier molecular flexibility index (Phi) is 4.04. The largest absolute Gasteiger partial charge is 0.369 e. The molecule has 5 nitrogen and oxygen atoms in total. The summed E-state index contributed by atoms with van der Waals surface area (Å²) in [5, 5.41) is 2.20. The Labute approximate surface area is 108 Å². The second kappa shape index (κ2) is 5.73. The molecule has 0 saturated heterocycles. The van der Waals surface area contributed by atoms with Crippen molar-refractivity contribution in [2.24, 2.45) is 0 Å². The van der Waals surface area contributed by atoms with Crippen LogP contribution in [0.2, 0.25) is 0 Å². The van der Waals surface area contributed by atoms with Crippen molar-refractivity contribution in [3.8, 4) is 0 Å². The maximum atomic E-state index is 5.61. The highest BCUT2D eigenvalue weighted by Gasteiger charge is 2.14. The zero-order valence-electron chi connectivity index (χ0n) is 11.0. The van der Waals surface area contributed by atoms with Crippen LogP contribution in [-0.2, 0) is 0 Å². The van der Waals surface area contributed by atoms with Crippen LogP contribution in [0, 0.1) is 0 Å². The first-order chi connectivity index (χ1) is 8.74. The molecule has 0 atom stereocenters. The van der Waals surface area contributed by atoms with E-state index < -0.39 is 0 Å². The summed E-state index contributed by atoms with van der Waals surface area (Å²) in [6.07, 6.45) is 8.26. The minimum absolute atomic E-state index is 0.462. The van der Waals surface area contributed by atoms with Gasteiger partial charge in [0.05, 0.1) is 18.4 Å². The Morgan fingerprint density at radius 1 is 1.50 bits per heavy atom. The standard InChI is InChI=1S/C13H21N5/c1-3-6-16-18-7-5-10(8-11(18)4-2)12-9-15-13(14)17-12/h5,8-9,16H,3-4,6-7H2,1-2H3,(H3,14,15,17). The molecule has 0 radical (unpaired) electrons. The molecule has 1 aliphatic rings. The number of rotatable bonds is 5. The molecule has 0 fully saturated rings. The molecule has 0 unspecified atom stereocenters. The van der Waals surface area contributed by atoms with Gasteiger partial charge in [0.15, 0.2) is 5.95 Å². The van der Waals surface area contributed by atoms with Gasteiger partial charge in [0.2, 0.25) is 0 Å². The van der Waals surface area contributed by atoms with Crippen LogP contribution in [-0.4, -0.2) is 28.1 Å². The lowest BCUT2D eigenvalue weighted by Gasteiger charge is -2.29. The third kappa shape index (κ3) is 2.73. The van der Waals surface area contributed by atoms with E-state index in [1.165, 1.54) is 5.70 Å². The molecule has 0 aliphatic carbocycles. The summed E-state index contributed by atoms with van der Waals surface area (Å²) in [5.74, 6) is 0.462. The van der Waals surface area contributed by atoms with E-state index >= 15 is 0 Å². The van der Waals surface area contributed by atoms with Crippen molar-refractivity contribution < 1.29 is 0 Å². The van der Waals surface area contributed by atoms with Gasteiger partial charge >= 0.3 is 0 Å². The number of nitrogens with zero attached hydrogens (tertiary/aromatic N) is 2. The van der Waals surface area contributed by atoms with Crippen molar-refractivity contribution in [1.82, 2.24) is 20.4 Å². The summed E-state index contributed by atoms with van der Waals surface area (Å²) in [6.45, 7) is 6.20. The molecule has 5 heteroatoms. The fourth-order valence-electron chi connectivity index (χ4n) is 2.00. The number of nitrogens with two attached hydrogens (primary N) is 1. The van der Waals surface area contributed by atoms with Gasteiger partial charge in [0.1, 0.15) is 0 Å². The molecule has 0 saturated carbocycles. The SMILES string of the molecule is CCCNN1CC=C(c2cnc(N)[nH]2)C=C1CC. The van der Waals surface area contributed by atoms with Gasteiger partial charge in [-0.25, -0.2) is 10.4 Å². The van der Waals surface area contributed by atoms with Gasteiger partial charge in [-0.05, 0) is 24.5 Å². The quantitative estimate of drug-likeness (QED) is 0.743. The molecular formula is C13H21N5. The number of aromatic nitrogens is 2. The van der Waals surface area contributed by atoms with Gasteiger partial charge in [-0.3, -0.25) is 0 Å². The lowest BCUT2D eigenvalue weighted by Crippen LogP contribution is -2.39. The van der Waals surface area contributed by atoms with Crippen LogP contribution < -0.4 is 11.2 Å². The van der Waals surface area contributed by atoms with Crippen LogP contribution in [0.1, 0.15) is 32.4 Å². The van der Waals surface area contributed by atoms with Gasteiger partial charge in [0, 0.05) is 12.2 Å². The number of hydrogen-bond acceptors (Lipinski definition) is 4. The minimum atomic E-state index is 0.462. The van der Waals surface area contributed by atoms with Crippen LogP contribution >= 0.6 is 0 Å². The Balaban J connectivity index is 2.12.